The van der Waals surface area contributed by atoms with Gasteiger partial charge >= 0.3 is 13.7 Å². The number of unbranched alkanes of at least 4 members (excludes halogenated alkanes) is 2. The van der Waals surface area contributed by atoms with Gasteiger partial charge in [0.15, 0.2) is 0 Å². The fourth-order valence-corrected chi connectivity index (χ4v) is 7.99. The third kappa shape index (κ3) is 16.2. The SMILES string of the molecule is CCCCOP(=O)(C[C@H](O)[C@H](CC1CCCCC1)NC(=O)[C@H](Cc1cnc[nH]1)NC(=O)[C@H](Cc1ccccc1)NC(=O)OC(C)(C)C)OCCCC. The number of imidazole rings is 1. The molecule has 0 spiro atoms. The lowest BCUT2D eigenvalue weighted by atomic mass is 9.83. The van der Waals surface area contributed by atoms with E-state index in [4.69, 9.17) is 13.8 Å². The molecule has 3 amide bonds. The summed E-state index contributed by atoms with van der Waals surface area (Å²) >= 11 is 0. The first-order valence-corrected chi connectivity index (χ1v) is 20.7. The Morgan fingerprint density at radius 2 is 1.54 bits per heavy atom. The molecule has 4 atom stereocenters. The van der Waals surface area contributed by atoms with E-state index in [-0.39, 0.29) is 38.1 Å². The number of hydrogen-bond acceptors (Lipinski definition) is 9. The zero-order valence-electron chi connectivity index (χ0n) is 31.7. The van der Waals surface area contributed by atoms with Gasteiger partial charge in [-0.25, -0.2) is 9.78 Å². The topological polar surface area (TPSA) is 181 Å². The predicted molar refractivity (Wildman–Crippen MR) is 201 cm³/mol. The Morgan fingerprint density at radius 3 is 2.12 bits per heavy atom. The molecule has 0 radical (unpaired) electrons. The minimum Gasteiger partial charge on any atom is -0.444 e. The molecule has 0 bridgehead atoms. The van der Waals surface area contributed by atoms with Gasteiger partial charge in [-0.2, -0.15) is 0 Å². The molecule has 1 saturated carbocycles. The molecule has 1 aliphatic rings. The number of carbonyl (C=O) groups excluding carboxylic acids is 3. The van der Waals surface area contributed by atoms with Gasteiger partial charge in [-0.3, -0.25) is 14.2 Å². The molecular formula is C38H62N5O8P. The van der Waals surface area contributed by atoms with Crippen molar-refractivity contribution in [3.05, 3.63) is 54.1 Å². The first-order valence-electron chi connectivity index (χ1n) is 19.0. The van der Waals surface area contributed by atoms with Crippen LogP contribution in [-0.2, 0) is 40.8 Å². The molecule has 13 nitrogen and oxygen atoms in total. The molecule has 0 saturated heterocycles. The zero-order valence-corrected chi connectivity index (χ0v) is 32.6. The molecule has 1 aromatic heterocycles. The number of hydrogen-bond donors (Lipinski definition) is 5. The van der Waals surface area contributed by atoms with Crippen LogP contribution in [0.25, 0.3) is 0 Å². The minimum absolute atomic E-state index is 0.0626. The van der Waals surface area contributed by atoms with Crippen molar-refractivity contribution in [1.82, 2.24) is 25.9 Å². The maximum absolute atomic E-state index is 14.2. The number of alkyl carbamates (subject to hydrolysis) is 1. The molecule has 5 N–H and O–H groups in total. The summed E-state index contributed by atoms with van der Waals surface area (Å²) in [6.07, 6.45) is 9.75. The van der Waals surface area contributed by atoms with E-state index in [1.807, 2.05) is 44.2 Å². The molecule has 1 fully saturated rings. The molecular weight excluding hydrogens is 685 g/mol. The fraction of sp³-hybridized carbons (Fsp3) is 0.684. The van der Waals surface area contributed by atoms with Crippen LogP contribution in [0.15, 0.2) is 42.9 Å². The number of nitrogens with one attached hydrogen (secondary N) is 4. The van der Waals surface area contributed by atoms with Gasteiger partial charge in [-0.15, -0.1) is 0 Å². The quantitative estimate of drug-likeness (QED) is 0.0691. The second kappa shape index (κ2) is 22.1. The highest BCUT2D eigenvalue weighted by atomic mass is 31.2. The monoisotopic (exact) mass is 747 g/mol. The highest BCUT2D eigenvalue weighted by Gasteiger charge is 2.36. The molecule has 3 rings (SSSR count). The van der Waals surface area contributed by atoms with E-state index in [9.17, 15) is 24.1 Å². The third-order valence-electron chi connectivity index (χ3n) is 8.99. The maximum atomic E-state index is 14.2. The highest BCUT2D eigenvalue weighted by Crippen LogP contribution is 2.49. The van der Waals surface area contributed by atoms with Crippen LogP contribution in [-0.4, -0.2) is 82.2 Å². The van der Waals surface area contributed by atoms with Crippen LogP contribution >= 0.6 is 7.60 Å². The lowest BCUT2D eigenvalue weighted by Crippen LogP contribution is -2.58. The average molecular weight is 748 g/mol. The first kappa shape index (κ1) is 43.2. The predicted octanol–water partition coefficient (Wildman–Crippen LogP) is 6.22. The summed E-state index contributed by atoms with van der Waals surface area (Å²) in [5, 5.41) is 20.2. The molecule has 0 unspecified atom stereocenters. The standard InChI is InChI=1S/C38H62N5O8P/c1-6-8-20-49-52(48,50-21-9-7-2)26-34(44)31(22-28-16-12-10-13-17-28)41-36(46)33(24-30-25-39-27-40-30)42-35(45)32(23-29-18-14-11-15-19-29)43-37(47)51-38(3,4)5/h11,14-15,18-19,25,27-28,31-34,44H,6-10,12-13,16-17,20-24,26H2,1-5H3,(H,39,40)(H,41,46)(H,42,45)(H,43,47)/t31-,32-,33-,34-/m0/s1. The van der Waals surface area contributed by atoms with Crippen LogP contribution in [0, 0.1) is 5.92 Å². The summed E-state index contributed by atoms with van der Waals surface area (Å²) in [6.45, 7) is 9.69. The zero-order chi connectivity index (χ0) is 38.0. The molecule has 52 heavy (non-hydrogen) atoms. The molecule has 0 aliphatic heterocycles. The lowest BCUT2D eigenvalue weighted by molar-refractivity contribution is -0.130. The van der Waals surface area contributed by atoms with Gasteiger partial charge in [0.2, 0.25) is 11.8 Å². The highest BCUT2D eigenvalue weighted by molar-refractivity contribution is 7.53. The molecule has 1 heterocycles. The van der Waals surface area contributed by atoms with Crippen molar-refractivity contribution < 1.29 is 37.8 Å². The Morgan fingerprint density at radius 1 is 0.923 bits per heavy atom. The largest absolute Gasteiger partial charge is 0.444 e. The van der Waals surface area contributed by atoms with Crippen molar-refractivity contribution in [1.29, 1.82) is 0 Å². The van der Waals surface area contributed by atoms with Gasteiger partial charge < -0.3 is 39.8 Å². The van der Waals surface area contributed by atoms with Crippen molar-refractivity contribution in [2.24, 2.45) is 5.92 Å². The second-order valence-electron chi connectivity index (χ2n) is 14.8. The summed E-state index contributed by atoms with van der Waals surface area (Å²) in [4.78, 5) is 48.1. The number of rotatable bonds is 22. The minimum atomic E-state index is -3.69. The first-order chi connectivity index (χ1) is 24.8. The summed E-state index contributed by atoms with van der Waals surface area (Å²) in [5.41, 5.74) is 0.611. The molecule has 2 aromatic rings. The number of aliphatic hydroxyl groups is 1. The summed E-state index contributed by atoms with van der Waals surface area (Å²) in [6, 6.07) is 6.27. The van der Waals surface area contributed by atoms with Crippen molar-refractivity contribution >= 4 is 25.5 Å². The van der Waals surface area contributed by atoms with Gasteiger partial charge in [-0.1, -0.05) is 89.1 Å². The van der Waals surface area contributed by atoms with Gasteiger partial charge in [-0.05, 0) is 51.5 Å². The third-order valence-corrected chi connectivity index (χ3v) is 11.0. The Bertz CT molecular complexity index is 1370. The molecule has 1 aliphatic carbocycles. The summed E-state index contributed by atoms with van der Waals surface area (Å²) in [5.74, 6) is -0.867. The van der Waals surface area contributed by atoms with E-state index in [0.29, 0.717) is 25.0 Å². The Kier molecular flexibility index (Phi) is 18.3. The van der Waals surface area contributed by atoms with Crippen LogP contribution in [0.2, 0.25) is 0 Å². The Hall–Kier alpha value is -3.25. The van der Waals surface area contributed by atoms with Gasteiger partial charge in [0.1, 0.15) is 17.7 Å². The van der Waals surface area contributed by atoms with Crippen LogP contribution in [0.3, 0.4) is 0 Å². The Balaban J connectivity index is 1.87. The number of nitrogens with zero attached hydrogens (tertiary/aromatic N) is 1. The summed E-state index contributed by atoms with van der Waals surface area (Å²) in [7, 11) is -3.69. The van der Waals surface area contributed by atoms with Gasteiger partial charge in [0.05, 0.1) is 37.8 Å². The van der Waals surface area contributed by atoms with Crippen LogP contribution in [0.4, 0.5) is 4.79 Å². The Labute approximate surface area is 309 Å². The van der Waals surface area contributed by atoms with E-state index in [2.05, 4.69) is 25.9 Å². The van der Waals surface area contributed by atoms with Crippen molar-refractivity contribution in [3.8, 4) is 0 Å². The van der Waals surface area contributed by atoms with Crippen molar-refractivity contribution in [2.75, 3.05) is 19.4 Å². The number of amides is 3. The van der Waals surface area contributed by atoms with E-state index < -0.39 is 55.3 Å². The number of carbonyl (C=O) groups is 3. The number of benzene rings is 1. The molecule has 14 heteroatoms. The van der Waals surface area contributed by atoms with Crippen molar-refractivity contribution in [2.45, 2.75) is 141 Å². The smallest absolute Gasteiger partial charge is 0.408 e. The lowest BCUT2D eigenvalue weighted by Gasteiger charge is -2.33. The number of aromatic amines is 1. The van der Waals surface area contributed by atoms with E-state index >= 15 is 0 Å². The number of aromatic nitrogens is 2. The fourth-order valence-electron chi connectivity index (χ4n) is 6.18. The van der Waals surface area contributed by atoms with E-state index in [0.717, 1.165) is 50.5 Å². The molecule has 292 valence electrons. The van der Waals surface area contributed by atoms with E-state index in [1.54, 1.807) is 27.0 Å². The summed E-state index contributed by atoms with van der Waals surface area (Å²) < 4.78 is 30.9. The number of ether oxygens (including phenoxy) is 1. The van der Waals surface area contributed by atoms with Gasteiger partial charge in [0, 0.05) is 24.7 Å². The van der Waals surface area contributed by atoms with Crippen molar-refractivity contribution in [3.63, 3.8) is 0 Å². The second-order valence-corrected chi connectivity index (χ2v) is 16.9. The van der Waals surface area contributed by atoms with Crippen LogP contribution in [0.1, 0.15) is 110 Å². The number of H-pyrrole nitrogens is 1. The van der Waals surface area contributed by atoms with E-state index in [1.165, 1.54) is 6.33 Å². The van der Waals surface area contributed by atoms with Gasteiger partial charge in [0.25, 0.3) is 0 Å². The number of aliphatic hydroxyl groups excluding tert-OH is 1. The normalized spacial score (nSPS) is 16.3. The van der Waals surface area contributed by atoms with Crippen LogP contribution in [0.5, 0.6) is 0 Å². The van der Waals surface area contributed by atoms with Crippen LogP contribution < -0.4 is 16.0 Å². The molecule has 1 aromatic carbocycles. The average Bonchev–Trinajstić information content (AvgIpc) is 3.61. The maximum Gasteiger partial charge on any atom is 0.408 e.